The van der Waals surface area contributed by atoms with E-state index in [0.29, 0.717) is 36.1 Å². The fourth-order valence-corrected chi connectivity index (χ4v) is 2.95. The molecule has 8 nitrogen and oxygen atoms in total. The summed E-state index contributed by atoms with van der Waals surface area (Å²) >= 11 is 0. The maximum Gasteiger partial charge on any atom is 0.272 e. The number of benzene rings is 2. The highest BCUT2D eigenvalue weighted by molar-refractivity contribution is 6.03. The number of aromatic nitrogens is 1. The van der Waals surface area contributed by atoms with Gasteiger partial charge in [0.15, 0.2) is 17.2 Å². The minimum atomic E-state index is -0.455. The number of hydrogen-bond donors (Lipinski definition) is 2. The van der Waals surface area contributed by atoms with Crippen molar-refractivity contribution in [1.29, 1.82) is 0 Å². The van der Waals surface area contributed by atoms with Crippen molar-refractivity contribution < 1.29 is 23.7 Å². The lowest BCUT2D eigenvalue weighted by atomic mass is 10.2. The van der Waals surface area contributed by atoms with E-state index in [0.717, 1.165) is 5.56 Å². The van der Waals surface area contributed by atoms with Gasteiger partial charge in [-0.25, -0.2) is 0 Å². The number of amides is 1. The Morgan fingerprint density at radius 1 is 1.10 bits per heavy atom. The Bertz CT molecular complexity index is 1120. The lowest BCUT2D eigenvalue weighted by Gasteiger charge is -2.19. The van der Waals surface area contributed by atoms with Crippen molar-refractivity contribution in [3.05, 3.63) is 76.2 Å². The first-order valence-electron chi connectivity index (χ1n) is 9.32. The number of carbonyl (C=O) groups excluding carboxylic acids is 1. The third-order valence-electron chi connectivity index (χ3n) is 4.45. The maximum atomic E-state index is 12.5. The van der Waals surface area contributed by atoms with Crippen LogP contribution in [-0.2, 0) is 6.61 Å². The number of anilines is 1. The van der Waals surface area contributed by atoms with Gasteiger partial charge in [-0.05, 0) is 29.8 Å². The summed E-state index contributed by atoms with van der Waals surface area (Å²) in [7, 11) is 1.58. The van der Waals surface area contributed by atoms with Crippen molar-refractivity contribution in [2.45, 2.75) is 6.61 Å². The van der Waals surface area contributed by atoms with Gasteiger partial charge in [0.05, 0.1) is 7.11 Å². The number of aromatic amines is 1. The summed E-state index contributed by atoms with van der Waals surface area (Å²) in [5.74, 6) is 1.56. The molecule has 8 heteroatoms. The number of rotatable bonds is 6. The van der Waals surface area contributed by atoms with Crippen LogP contribution in [0.25, 0.3) is 0 Å². The standard InChI is InChI=1S/C22H20N2O6/c1-27-16-4-2-3-14(9-16)13-30-21-12-23-17(11-18(21)25)22(26)24-15-5-6-19-20(10-15)29-8-7-28-19/h2-6,9-12H,7-8,13H2,1H3,(H,23,25)(H,24,26). The molecule has 1 aliphatic heterocycles. The van der Waals surface area contributed by atoms with Gasteiger partial charge in [-0.3, -0.25) is 9.59 Å². The van der Waals surface area contributed by atoms with Gasteiger partial charge in [-0.2, -0.15) is 0 Å². The Balaban J connectivity index is 1.42. The molecule has 154 valence electrons. The minimum Gasteiger partial charge on any atom is -0.497 e. The second-order valence-electron chi connectivity index (χ2n) is 6.53. The van der Waals surface area contributed by atoms with Crippen molar-refractivity contribution in [2.75, 3.05) is 25.6 Å². The molecule has 0 fully saturated rings. The average Bonchev–Trinajstić information content (AvgIpc) is 2.78. The normalized spacial score (nSPS) is 12.2. The average molecular weight is 408 g/mol. The van der Waals surface area contributed by atoms with Crippen molar-refractivity contribution in [3.8, 4) is 23.0 Å². The highest BCUT2D eigenvalue weighted by Gasteiger charge is 2.14. The number of H-pyrrole nitrogens is 1. The van der Waals surface area contributed by atoms with E-state index in [1.165, 1.54) is 12.3 Å². The summed E-state index contributed by atoms with van der Waals surface area (Å²) in [6, 6.07) is 13.7. The number of pyridine rings is 1. The van der Waals surface area contributed by atoms with Gasteiger partial charge in [0.1, 0.15) is 31.3 Å². The number of fused-ring (bicyclic) bond motifs is 1. The van der Waals surface area contributed by atoms with E-state index < -0.39 is 11.3 Å². The lowest BCUT2D eigenvalue weighted by molar-refractivity contribution is 0.102. The van der Waals surface area contributed by atoms with Crippen molar-refractivity contribution in [3.63, 3.8) is 0 Å². The van der Waals surface area contributed by atoms with E-state index in [-0.39, 0.29) is 18.1 Å². The summed E-state index contributed by atoms with van der Waals surface area (Å²) in [6.45, 7) is 1.14. The topological polar surface area (TPSA) is 98.9 Å². The fraction of sp³-hybridized carbons (Fsp3) is 0.182. The minimum absolute atomic E-state index is 0.114. The molecule has 2 heterocycles. The Hall–Kier alpha value is -3.94. The summed E-state index contributed by atoms with van der Waals surface area (Å²) in [5.41, 5.74) is 1.10. The van der Waals surface area contributed by atoms with E-state index >= 15 is 0 Å². The molecule has 2 N–H and O–H groups in total. The Kier molecular flexibility index (Phi) is 5.56. The third kappa shape index (κ3) is 4.38. The number of nitrogens with one attached hydrogen (secondary N) is 2. The highest BCUT2D eigenvalue weighted by atomic mass is 16.6. The summed E-state index contributed by atoms with van der Waals surface area (Å²) in [6.07, 6.45) is 1.38. The van der Waals surface area contributed by atoms with E-state index in [1.54, 1.807) is 25.3 Å². The fourth-order valence-electron chi connectivity index (χ4n) is 2.95. The van der Waals surface area contributed by atoms with E-state index in [2.05, 4.69) is 10.3 Å². The van der Waals surface area contributed by atoms with Crippen molar-refractivity contribution >= 4 is 11.6 Å². The number of ether oxygens (including phenoxy) is 4. The molecule has 0 radical (unpaired) electrons. The summed E-state index contributed by atoms with van der Waals surface area (Å²) < 4.78 is 21.7. The zero-order valence-electron chi connectivity index (χ0n) is 16.3. The highest BCUT2D eigenvalue weighted by Crippen LogP contribution is 2.32. The second-order valence-corrected chi connectivity index (χ2v) is 6.53. The Morgan fingerprint density at radius 3 is 2.73 bits per heavy atom. The quantitative estimate of drug-likeness (QED) is 0.651. The molecular weight excluding hydrogens is 388 g/mol. The van der Waals surface area contributed by atoms with Crippen LogP contribution in [-0.4, -0.2) is 31.2 Å². The van der Waals surface area contributed by atoms with Gasteiger partial charge in [0.2, 0.25) is 5.43 Å². The van der Waals surface area contributed by atoms with E-state index in [9.17, 15) is 9.59 Å². The molecule has 1 amide bonds. The number of hydrogen-bond acceptors (Lipinski definition) is 6. The van der Waals surface area contributed by atoms with Crippen molar-refractivity contribution in [2.24, 2.45) is 0 Å². The van der Waals surface area contributed by atoms with Crippen LogP contribution in [0.5, 0.6) is 23.0 Å². The largest absolute Gasteiger partial charge is 0.497 e. The molecule has 4 rings (SSSR count). The SMILES string of the molecule is COc1cccc(COc2c[nH]c(C(=O)Nc3ccc4c(c3)OCCO4)cc2=O)c1. The van der Waals surface area contributed by atoms with Crippen LogP contribution in [0, 0.1) is 0 Å². The van der Waals surface area contributed by atoms with Crippen LogP contribution in [0.4, 0.5) is 5.69 Å². The van der Waals surface area contributed by atoms with Gasteiger partial charge < -0.3 is 29.2 Å². The van der Waals surface area contributed by atoms with Crippen LogP contribution >= 0.6 is 0 Å². The third-order valence-corrected chi connectivity index (χ3v) is 4.45. The van der Waals surface area contributed by atoms with Crippen LogP contribution in [0.1, 0.15) is 16.1 Å². The molecule has 30 heavy (non-hydrogen) atoms. The predicted molar refractivity (Wildman–Crippen MR) is 110 cm³/mol. The van der Waals surface area contributed by atoms with Gasteiger partial charge in [0.25, 0.3) is 5.91 Å². The van der Waals surface area contributed by atoms with Crippen LogP contribution in [0.3, 0.4) is 0 Å². The van der Waals surface area contributed by atoms with E-state index in [1.807, 2.05) is 24.3 Å². The molecular formula is C22H20N2O6. The Labute approximate surface area is 172 Å². The first kappa shape index (κ1) is 19.4. The monoisotopic (exact) mass is 408 g/mol. The second kappa shape index (κ2) is 8.60. The molecule has 0 spiro atoms. The zero-order valence-corrected chi connectivity index (χ0v) is 16.3. The Morgan fingerprint density at radius 2 is 1.93 bits per heavy atom. The molecule has 0 aliphatic carbocycles. The molecule has 0 atom stereocenters. The molecule has 1 aromatic heterocycles. The van der Waals surface area contributed by atoms with Crippen molar-refractivity contribution in [1.82, 2.24) is 4.98 Å². The van der Waals surface area contributed by atoms with E-state index in [4.69, 9.17) is 18.9 Å². The zero-order chi connectivity index (χ0) is 20.9. The summed E-state index contributed by atoms with van der Waals surface area (Å²) in [4.78, 5) is 27.6. The number of methoxy groups -OCH3 is 1. The molecule has 0 saturated carbocycles. The molecule has 1 aliphatic rings. The first-order valence-corrected chi connectivity index (χ1v) is 9.32. The van der Waals surface area contributed by atoms with Gasteiger partial charge >= 0.3 is 0 Å². The molecule has 0 saturated heterocycles. The molecule has 0 bridgehead atoms. The number of carbonyl (C=O) groups is 1. The van der Waals surface area contributed by atoms with Crippen LogP contribution in [0.2, 0.25) is 0 Å². The maximum absolute atomic E-state index is 12.5. The predicted octanol–water partition coefficient (Wildman–Crippen LogP) is 2.99. The van der Waals surface area contributed by atoms with Crippen LogP contribution < -0.4 is 29.7 Å². The summed E-state index contributed by atoms with van der Waals surface area (Å²) in [5, 5.41) is 2.73. The van der Waals surface area contributed by atoms with Gasteiger partial charge in [0, 0.05) is 24.0 Å². The lowest BCUT2D eigenvalue weighted by Crippen LogP contribution is -2.18. The smallest absolute Gasteiger partial charge is 0.272 e. The molecule has 2 aromatic carbocycles. The van der Waals surface area contributed by atoms with Gasteiger partial charge in [-0.1, -0.05) is 12.1 Å². The van der Waals surface area contributed by atoms with Crippen LogP contribution in [0.15, 0.2) is 59.5 Å². The first-order chi connectivity index (χ1) is 14.6. The van der Waals surface area contributed by atoms with Gasteiger partial charge in [-0.15, -0.1) is 0 Å². The molecule has 3 aromatic rings. The molecule has 0 unspecified atom stereocenters.